The van der Waals surface area contributed by atoms with Gasteiger partial charge in [0.2, 0.25) is 0 Å². The maximum Gasteiger partial charge on any atom is 0.0163 e. The molecule has 1 nitrogen and oxygen atoms in total. The van der Waals surface area contributed by atoms with Crippen molar-refractivity contribution in [3.05, 3.63) is 12.2 Å². The quantitative estimate of drug-likeness (QED) is 0.479. The Bertz CT molecular complexity index is 162. The lowest BCUT2D eigenvalue weighted by Crippen LogP contribution is -2.41. The highest BCUT2D eigenvalue weighted by molar-refractivity contribution is 5.02. The van der Waals surface area contributed by atoms with E-state index in [1.54, 1.807) is 0 Å². The molecule has 0 aromatic heterocycles. The molecule has 2 aliphatic rings. The molecular formula is C10H17N. The summed E-state index contributed by atoms with van der Waals surface area (Å²) in [5, 5.41) is 0. The molecule has 1 aliphatic heterocycles. The molecule has 11 heavy (non-hydrogen) atoms. The third-order valence-electron chi connectivity index (χ3n) is 3.12. The monoisotopic (exact) mass is 151 g/mol. The third kappa shape index (κ3) is 1.34. The predicted molar refractivity (Wildman–Crippen MR) is 47.5 cm³/mol. The summed E-state index contributed by atoms with van der Waals surface area (Å²) in [6, 6.07) is 0.869. The third-order valence-corrected chi connectivity index (χ3v) is 3.12. The van der Waals surface area contributed by atoms with Gasteiger partial charge in [-0.15, -0.1) is 0 Å². The summed E-state index contributed by atoms with van der Waals surface area (Å²) >= 11 is 0. The lowest BCUT2D eigenvalue weighted by molar-refractivity contribution is 0.156. The Kier molecular flexibility index (Phi) is 1.99. The smallest absolute Gasteiger partial charge is 0.0163 e. The van der Waals surface area contributed by atoms with Crippen LogP contribution in [0.3, 0.4) is 0 Å². The first-order valence-corrected chi connectivity index (χ1v) is 4.75. The van der Waals surface area contributed by atoms with Crippen LogP contribution < -0.4 is 0 Å². The minimum absolute atomic E-state index is 0.869. The summed E-state index contributed by atoms with van der Waals surface area (Å²) in [6.45, 7) is 1.17. The first kappa shape index (κ1) is 7.35. The van der Waals surface area contributed by atoms with Gasteiger partial charge >= 0.3 is 0 Å². The molecule has 2 unspecified atom stereocenters. The molecule has 2 atom stereocenters. The number of nitrogens with zero attached hydrogens (tertiary/aromatic N) is 1. The van der Waals surface area contributed by atoms with Gasteiger partial charge in [0, 0.05) is 12.6 Å². The summed E-state index contributed by atoms with van der Waals surface area (Å²) in [5.74, 6) is 0.877. The molecule has 0 saturated heterocycles. The number of rotatable bonds is 0. The van der Waals surface area contributed by atoms with E-state index in [0.717, 1.165) is 12.0 Å². The van der Waals surface area contributed by atoms with E-state index in [1.807, 2.05) is 0 Å². The summed E-state index contributed by atoms with van der Waals surface area (Å²) in [5.41, 5.74) is 0. The van der Waals surface area contributed by atoms with Crippen LogP contribution in [0.25, 0.3) is 0 Å². The number of hydrogen-bond acceptors (Lipinski definition) is 1. The fourth-order valence-electron chi connectivity index (χ4n) is 2.45. The molecule has 1 aliphatic carbocycles. The van der Waals surface area contributed by atoms with Crippen molar-refractivity contribution in [1.29, 1.82) is 0 Å². The molecule has 1 saturated carbocycles. The zero-order valence-corrected chi connectivity index (χ0v) is 7.29. The SMILES string of the molecule is CN1CC=CC2CCCCC21. The molecule has 62 valence electrons. The second kappa shape index (κ2) is 2.98. The molecule has 0 N–H and O–H groups in total. The zero-order chi connectivity index (χ0) is 7.68. The van der Waals surface area contributed by atoms with Crippen LogP contribution in [0.15, 0.2) is 12.2 Å². The van der Waals surface area contributed by atoms with Crippen LogP contribution in [0.1, 0.15) is 25.7 Å². The van der Waals surface area contributed by atoms with Gasteiger partial charge in [0.05, 0.1) is 0 Å². The molecule has 0 aromatic carbocycles. The topological polar surface area (TPSA) is 3.24 Å². The molecule has 1 heteroatoms. The minimum Gasteiger partial charge on any atom is -0.299 e. The van der Waals surface area contributed by atoms with Gasteiger partial charge in [0.1, 0.15) is 0 Å². The summed E-state index contributed by atoms with van der Waals surface area (Å²) in [4.78, 5) is 2.50. The Balaban J connectivity index is 2.09. The Labute approximate surface area is 69.1 Å². The van der Waals surface area contributed by atoms with Crippen LogP contribution in [0.5, 0.6) is 0 Å². The Morgan fingerprint density at radius 1 is 1.27 bits per heavy atom. The van der Waals surface area contributed by atoms with Crippen molar-refractivity contribution in [2.45, 2.75) is 31.7 Å². The standard InChI is InChI=1S/C10H17N/c1-11-8-4-6-9-5-2-3-7-10(9)11/h4,6,9-10H,2-3,5,7-8H2,1H3. The van der Waals surface area contributed by atoms with Crippen LogP contribution in [0, 0.1) is 5.92 Å². The van der Waals surface area contributed by atoms with E-state index in [4.69, 9.17) is 0 Å². The second-order valence-electron chi connectivity index (χ2n) is 3.88. The van der Waals surface area contributed by atoms with Gasteiger partial charge in [0.15, 0.2) is 0 Å². The molecule has 0 aromatic rings. The van der Waals surface area contributed by atoms with Crippen molar-refractivity contribution in [2.24, 2.45) is 5.92 Å². The van der Waals surface area contributed by atoms with E-state index < -0.39 is 0 Å². The normalized spacial score (nSPS) is 38.6. The van der Waals surface area contributed by atoms with Gasteiger partial charge in [0.25, 0.3) is 0 Å². The molecule has 0 radical (unpaired) electrons. The van der Waals surface area contributed by atoms with E-state index in [-0.39, 0.29) is 0 Å². The van der Waals surface area contributed by atoms with E-state index in [0.29, 0.717) is 0 Å². The zero-order valence-electron chi connectivity index (χ0n) is 7.29. The molecule has 0 amide bonds. The van der Waals surface area contributed by atoms with Crippen LogP contribution in [-0.4, -0.2) is 24.5 Å². The highest BCUT2D eigenvalue weighted by Crippen LogP contribution is 2.30. The summed E-state index contributed by atoms with van der Waals surface area (Å²) < 4.78 is 0. The largest absolute Gasteiger partial charge is 0.299 e. The Hall–Kier alpha value is -0.300. The number of likely N-dealkylation sites (N-methyl/N-ethyl adjacent to an activating group) is 1. The van der Waals surface area contributed by atoms with Crippen LogP contribution in [0.2, 0.25) is 0 Å². The van der Waals surface area contributed by atoms with Crippen molar-refractivity contribution < 1.29 is 0 Å². The van der Waals surface area contributed by atoms with Crippen LogP contribution in [-0.2, 0) is 0 Å². The van der Waals surface area contributed by atoms with Crippen molar-refractivity contribution in [2.75, 3.05) is 13.6 Å². The number of hydrogen-bond donors (Lipinski definition) is 0. The van der Waals surface area contributed by atoms with Gasteiger partial charge in [-0.25, -0.2) is 0 Å². The van der Waals surface area contributed by atoms with Crippen LogP contribution >= 0.6 is 0 Å². The van der Waals surface area contributed by atoms with Crippen molar-refractivity contribution >= 4 is 0 Å². The Morgan fingerprint density at radius 3 is 2.91 bits per heavy atom. The molecule has 0 spiro atoms. The van der Waals surface area contributed by atoms with Gasteiger partial charge < -0.3 is 0 Å². The molecule has 2 rings (SSSR count). The van der Waals surface area contributed by atoms with Gasteiger partial charge in [-0.05, 0) is 25.8 Å². The first-order chi connectivity index (χ1) is 5.38. The average molecular weight is 151 g/mol. The fraction of sp³-hybridized carbons (Fsp3) is 0.800. The van der Waals surface area contributed by atoms with E-state index >= 15 is 0 Å². The van der Waals surface area contributed by atoms with Crippen molar-refractivity contribution in [3.63, 3.8) is 0 Å². The van der Waals surface area contributed by atoms with Gasteiger partial charge in [-0.3, -0.25) is 4.90 Å². The molecular weight excluding hydrogens is 134 g/mol. The highest BCUT2D eigenvalue weighted by Gasteiger charge is 2.27. The molecule has 1 fully saturated rings. The van der Waals surface area contributed by atoms with Gasteiger partial charge in [-0.2, -0.15) is 0 Å². The predicted octanol–water partition coefficient (Wildman–Crippen LogP) is 2.05. The lowest BCUT2D eigenvalue weighted by Gasteiger charge is -2.38. The first-order valence-electron chi connectivity index (χ1n) is 4.75. The Morgan fingerprint density at radius 2 is 2.09 bits per heavy atom. The lowest BCUT2D eigenvalue weighted by atomic mass is 9.82. The highest BCUT2D eigenvalue weighted by atomic mass is 15.1. The van der Waals surface area contributed by atoms with Crippen molar-refractivity contribution in [1.82, 2.24) is 4.90 Å². The second-order valence-corrected chi connectivity index (χ2v) is 3.88. The summed E-state index contributed by atoms with van der Waals surface area (Å²) in [7, 11) is 2.26. The maximum atomic E-state index is 2.50. The van der Waals surface area contributed by atoms with E-state index in [1.165, 1.54) is 32.2 Å². The molecule has 0 bridgehead atoms. The molecule has 1 heterocycles. The van der Waals surface area contributed by atoms with Crippen LogP contribution in [0.4, 0.5) is 0 Å². The van der Waals surface area contributed by atoms with E-state index in [2.05, 4.69) is 24.1 Å². The average Bonchev–Trinajstić information content (AvgIpc) is 2.06. The minimum atomic E-state index is 0.869. The van der Waals surface area contributed by atoms with E-state index in [9.17, 15) is 0 Å². The summed E-state index contributed by atoms with van der Waals surface area (Å²) in [6.07, 6.45) is 10.5. The van der Waals surface area contributed by atoms with Gasteiger partial charge in [-0.1, -0.05) is 25.0 Å². The maximum absolute atomic E-state index is 2.50. The fourth-order valence-corrected chi connectivity index (χ4v) is 2.45. The van der Waals surface area contributed by atoms with Crippen molar-refractivity contribution in [3.8, 4) is 0 Å². The number of fused-ring (bicyclic) bond motifs is 1.